The van der Waals surface area contributed by atoms with Gasteiger partial charge in [-0.2, -0.15) is 0 Å². The Hall–Kier alpha value is -1.36. The van der Waals surface area contributed by atoms with Crippen molar-refractivity contribution in [2.75, 3.05) is 33.2 Å². The normalized spacial score (nSPS) is 17.3. The minimum absolute atomic E-state index is 0.0308. The maximum atomic E-state index is 12.0. The Morgan fingerprint density at radius 1 is 1.61 bits per heavy atom. The van der Waals surface area contributed by atoms with Crippen molar-refractivity contribution in [1.82, 2.24) is 15.5 Å². The standard InChI is InChI=1S/C13H24N4O/c1-10(2)13(18)17-6-5-15-8-12(7-14-4)16-11(3)9-17/h8,10,14-15H,5-7,9H2,1-4H3. The van der Waals surface area contributed by atoms with Gasteiger partial charge in [-0.1, -0.05) is 13.8 Å². The highest BCUT2D eigenvalue weighted by Crippen LogP contribution is 2.04. The molecule has 5 heteroatoms. The monoisotopic (exact) mass is 252 g/mol. The van der Waals surface area contributed by atoms with Gasteiger partial charge >= 0.3 is 0 Å². The largest absolute Gasteiger partial charge is 0.388 e. The van der Waals surface area contributed by atoms with Gasteiger partial charge in [-0.3, -0.25) is 9.79 Å². The molecule has 0 saturated heterocycles. The van der Waals surface area contributed by atoms with Crippen LogP contribution < -0.4 is 10.6 Å². The molecule has 0 aromatic rings. The lowest BCUT2D eigenvalue weighted by molar-refractivity contribution is -0.133. The van der Waals surface area contributed by atoms with E-state index in [0.717, 1.165) is 24.5 Å². The first-order chi connectivity index (χ1) is 8.54. The molecule has 0 bridgehead atoms. The molecule has 0 aromatic carbocycles. The average molecular weight is 252 g/mol. The van der Waals surface area contributed by atoms with Gasteiger partial charge in [-0.25, -0.2) is 0 Å². The van der Waals surface area contributed by atoms with Crippen molar-refractivity contribution in [2.24, 2.45) is 10.9 Å². The van der Waals surface area contributed by atoms with Gasteiger partial charge in [0, 0.05) is 37.5 Å². The van der Waals surface area contributed by atoms with Gasteiger partial charge in [0.25, 0.3) is 0 Å². The summed E-state index contributed by atoms with van der Waals surface area (Å²) in [5.41, 5.74) is 1.93. The van der Waals surface area contributed by atoms with Crippen molar-refractivity contribution < 1.29 is 4.79 Å². The summed E-state index contributed by atoms with van der Waals surface area (Å²) in [6, 6.07) is 0. The minimum Gasteiger partial charge on any atom is -0.388 e. The van der Waals surface area contributed by atoms with Crippen LogP contribution in [0, 0.1) is 5.92 Å². The maximum Gasteiger partial charge on any atom is 0.225 e. The number of rotatable bonds is 3. The smallest absolute Gasteiger partial charge is 0.225 e. The molecule has 5 nitrogen and oxygen atoms in total. The van der Waals surface area contributed by atoms with Crippen LogP contribution in [-0.4, -0.2) is 49.7 Å². The lowest BCUT2D eigenvalue weighted by Gasteiger charge is -2.24. The van der Waals surface area contributed by atoms with Crippen LogP contribution in [0.15, 0.2) is 16.9 Å². The fraction of sp³-hybridized carbons (Fsp3) is 0.692. The molecule has 2 N–H and O–H groups in total. The van der Waals surface area contributed by atoms with Gasteiger partial charge in [0.2, 0.25) is 5.91 Å². The zero-order valence-electron chi connectivity index (χ0n) is 11.8. The van der Waals surface area contributed by atoms with Crippen molar-refractivity contribution in [1.29, 1.82) is 0 Å². The molecule has 0 fully saturated rings. The molecule has 0 saturated carbocycles. The number of nitrogens with zero attached hydrogens (tertiary/aromatic N) is 2. The third-order valence-corrected chi connectivity index (χ3v) is 2.71. The molecule has 0 atom stereocenters. The van der Waals surface area contributed by atoms with E-state index in [9.17, 15) is 4.79 Å². The van der Waals surface area contributed by atoms with E-state index < -0.39 is 0 Å². The first kappa shape index (κ1) is 14.7. The van der Waals surface area contributed by atoms with Crippen molar-refractivity contribution >= 4 is 11.6 Å². The molecule has 0 radical (unpaired) electrons. The van der Waals surface area contributed by atoms with E-state index in [2.05, 4.69) is 15.6 Å². The maximum absolute atomic E-state index is 12.0. The van der Waals surface area contributed by atoms with Crippen LogP contribution in [0.25, 0.3) is 0 Å². The van der Waals surface area contributed by atoms with Crippen molar-refractivity contribution in [3.8, 4) is 0 Å². The fourth-order valence-corrected chi connectivity index (χ4v) is 1.88. The molecule has 0 aliphatic carbocycles. The lowest BCUT2D eigenvalue weighted by atomic mass is 10.2. The van der Waals surface area contributed by atoms with E-state index in [1.807, 2.05) is 38.9 Å². The number of carbonyl (C=O) groups is 1. The third-order valence-electron chi connectivity index (χ3n) is 2.71. The Morgan fingerprint density at radius 3 is 2.94 bits per heavy atom. The first-order valence-corrected chi connectivity index (χ1v) is 6.44. The molecule has 1 aliphatic rings. The third kappa shape index (κ3) is 4.49. The summed E-state index contributed by atoms with van der Waals surface area (Å²) in [6.45, 7) is 8.64. The second kappa shape index (κ2) is 7.16. The number of nitrogens with one attached hydrogen (secondary N) is 2. The molecule has 102 valence electrons. The summed E-state index contributed by atoms with van der Waals surface area (Å²) < 4.78 is 0. The first-order valence-electron chi connectivity index (χ1n) is 6.44. The van der Waals surface area contributed by atoms with Gasteiger partial charge in [0.1, 0.15) is 0 Å². The van der Waals surface area contributed by atoms with E-state index in [0.29, 0.717) is 13.1 Å². The van der Waals surface area contributed by atoms with Gasteiger partial charge in [0.05, 0.1) is 12.2 Å². The van der Waals surface area contributed by atoms with Crippen molar-refractivity contribution in [3.05, 3.63) is 11.9 Å². The van der Waals surface area contributed by atoms with E-state index in [1.54, 1.807) is 0 Å². The van der Waals surface area contributed by atoms with E-state index >= 15 is 0 Å². The number of likely N-dealkylation sites (N-methyl/N-ethyl adjacent to an activating group) is 1. The number of carbonyl (C=O) groups excluding carboxylic acids is 1. The van der Waals surface area contributed by atoms with Gasteiger partial charge in [-0.05, 0) is 14.0 Å². The molecule has 0 aromatic heterocycles. The molecule has 1 amide bonds. The van der Waals surface area contributed by atoms with Gasteiger partial charge < -0.3 is 15.5 Å². The molecular formula is C13H24N4O. The average Bonchev–Trinajstić information content (AvgIpc) is 2.39. The molecule has 0 spiro atoms. The summed E-state index contributed by atoms with van der Waals surface area (Å²) >= 11 is 0. The Balaban J connectivity index is 2.77. The Bertz CT molecular complexity index is 347. The summed E-state index contributed by atoms with van der Waals surface area (Å²) in [5, 5.41) is 6.29. The minimum atomic E-state index is 0.0308. The molecule has 1 heterocycles. The van der Waals surface area contributed by atoms with Gasteiger partial charge in [-0.15, -0.1) is 0 Å². The van der Waals surface area contributed by atoms with Crippen molar-refractivity contribution in [2.45, 2.75) is 20.8 Å². The van der Waals surface area contributed by atoms with Crippen LogP contribution in [0.4, 0.5) is 0 Å². The van der Waals surface area contributed by atoms with Crippen LogP contribution in [0.5, 0.6) is 0 Å². The highest BCUT2D eigenvalue weighted by molar-refractivity contribution is 5.89. The van der Waals surface area contributed by atoms with Crippen LogP contribution in [0.1, 0.15) is 20.8 Å². The molecule has 1 rings (SSSR count). The second-order valence-electron chi connectivity index (χ2n) is 4.88. The number of hydrogen-bond donors (Lipinski definition) is 2. The highest BCUT2D eigenvalue weighted by Gasteiger charge is 2.17. The topological polar surface area (TPSA) is 56.7 Å². The Morgan fingerprint density at radius 2 is 2.33 bits per heavy atom. The molecule has 0 unspecified atom stereocenters. The van der Waals surface area contributed by atoms with Crippen LogP contribution in [-0.2, 0) is 4.79 Å². The highest BCUT2D eigenvalue weighted by atomic mass is 16.2. The fourth-order valence-electron chi connectivity index (χ4n) is 1.88. The second-order valence-corrected chi connectivity index (χ2v) is 4.88. The quantitative estimate of drug-likeness (QED) is 0.773. The van der Waals surface area contributed by atoms with E-state index in [1.165, 1.54) is 0 Å². The van der Waals surface area contributed by atoms with Gasteiger partial charge in [0.15, 0.2) is 0 Å². The summed E-state index contributed by atoms with van der Waals surface area (Å²) in [6.07, 6.45) is 1.92. The van der Waals surface area contributed by atoms with Crippen LogP contribution in [0.2, 0.25) is 0 Å². The number of aliphatic imine (C=N–C) groups is 1. The number of amides is 1. The predicted molar refractivity (Wildman–Crippen MR) is 74.5 cm³/mol. The van der Waals surface area contributed by atoms with Crippen LogP contribution >= 0.6 is 0 Å². The predicted octanol–water partition coefficient (Wildman–Crippen LogP) is 0.596. The SMILES string of the molecule is CNCC1=CNCCN(C(=O)C(C)C)CC(C)=N1. The summed E-state index contributed by atoms with van der Waals surface area (Å²) in [7, 11) is 1.90. The zero-order valence-corrected chi connectivity index (χ0v) is 11.8. The van der Waals surface area contributed by atoms with Crippen molar-refractivity contribution in [3.63, 3.8) is 0 Å². The molecular weight excluding hydrogens is 228 g/mol. The van der Waals surface area contributed by atoms with E-state index in [-0.39, 0.29) is 11.8 Å². The lowest BCUT2D eigenvalue weighted by Crippen LogP contribution is -2.40. The summed E-state index contributed by atoms with van der Waals surface area (Å²) in [5.74, 6) is 0.215. The summed E-state index contributed by atoms with van der Waals surface area (Å²) in [4.78, 5) is 18.4. The number of hydrogen-bond acceptors (Lipinski definition) is 4. The zero-order chi connectivity index (χ0) is 13.5. The molecule has 1 aliphatic heterocycles. The van der Waals surface area contributed by atoms with E-state index in [4.69, 9.17) is 0 Å². The van der Waals surface area contributed by atoms with Crippen LogP contribution in [0.3, 0.4) is 0 Å². The Kier molecular flexibility index (Phi) is 5.85. The Labute approximate surface area is 109 Å². The molecule has 18 heavy (non-hydrogen) atoms.